The van der Waals surface area contributed by atoms with Crippen LogP contribution in [0.2, 0.25) is 0 Å². The molecule has 2 rings (SSSR count). The van der Waals surface area contributed by atoms with Crippen LogP contribution in [0.15, 0.2) is 65.3 Å². The van der Waals surface area contributed by atoms with Crippen LogP contribution in [-0.4, -0.2) is 36.8 Å². The predicted octanol–water partition coefficient (Wildman–Crippen LogP) is 4.43. The summed E-state index contributed by atoms with van der Waals surface area (Å²) in [7, 11) is 1.81. The highest BCUT2D eigenvalue weighted by molar-refractivity contribution is 6.07. The Hall–Kier alpha value is -3.08. The van der Waals surface area contributed by atoms with Crippen LogP contribution in [-0.2, 0) is 4.79 Å². The number of likely N-dealkylation sites (N-methyl/N-ethyl adjacent to an activating group) is 1. The fourth-order valence-corrected chi connectivity index (χ4v) is 2.42. The average molecular weight is 365 g/mol. The highest BCUT2D eigenvalue weighted by Gasteiger charge is 2.14. The summed E-state index contributed by atoms with van der Waals surface area (Å²) in [5.41, 5.74) is 2.10. The number of carbonyl (C=O) groups excluding carboxylic acids is 1. The molecule has 27 heavy (non-hydrogen) atoms. The number of aliphatic imine (C=N–C) groups is 1. The second kappa shape index (κ2) is 10.2. The molecule has 0 aliphatic rings. The molecule has 0 unspecified atom stereocenters. The van der Waals surface area contributed by atoms with Gasteiger partial charge in [0.25, 0.3) is 5.91 Å². The zero-order chi connectivity index (χ0) is 19.6. The number of nitrogens with zero attached hydrogens (tertiary/aromatic N) is 2. The van der Waals surface area contributed by atoms with Gasteiger partial charge in [-0.1, -0.05) is 30.3 Å². The van der Waals surface area contributed by atoms with E-state index in [1.807, 2.05) is 88.5 Å². The number of hydrogen-bond acceptors (Lipinski definition) is 3. The first kappa shape index (κ1) is 20.2. The van der Waals surface area contributed by atoms with Gasteiger partial charge in [0, 0.05) is 19.3 Å². The van der Waals surface area contributed by atoms with Crippen LogP contribution < -0.4 is 10.1 Å². The Bertz CT molecular complexity index is 798. The molecular formula is C22H27N3O2. The fraction of sp³-hybridized carbons (Fsp3) is 0.273. The summed E-state index contributed by atoms with van der Waals surface area (Å²) in [5, 5.41) is 2.92. The van der Waals surface area contributed by atoms with E-state index in [-0.39, 0.29) is 12.0 Å². The molecule has 1 amide bonds. The van der Waals surface area contributed by atoms with Crippen molar-refractivity contribution in [2.45, 2.75) is 26.9 Å². The van der Waals surface area contributed by atoms with Gasteiger partial charge in [-0.3, -0.25) is 9.79 Å². The summed E-state index contributed by atoms with van der Waals surface area (Å²) in [6.07, 6.45) is 3.57. The molecule has 0 heterocycles. The highest BCUT2D eigenvalue weighted by atomic mass is 16.5. The van der Waals surface area contributed by atoms with E-state index in [1.165, 1.54) is 0 Å². The van der Waals surface area contributed by atoms with E-state index in [4.69, 9.17) is 4.74 Å². The summed E-state index contributed by atoms with van der Waals surface area (Å²) in [5.74, 6) is 0.563. The lowest BCUT2D eigenvalue weighted by atomic mass is 10.1. The number of anilines is 1. The Balaban J connectivity index is 2.32. The van der Waals surface area contributed by atoms with Gasteiger partial charge in [0.15, 0.2) is 0 Å². The van der Waals surface area contributed by atoms with Crippen molar-refractivity contribution in [1.82, 2.24) is 4.90 Å². The first-order valence-corrected chi connectivity index (χ1v) is 9.07. The molecule has 5 nitrogen and oxygen atoms in total. The summed E-state index contributed by atoms with van der Waals surface area (Å²) in [4.78, 5) is 18.8. The van der Waals surface area contributed by atoms with Crippen molar-refractivity contribution < 1.29 is 9.53 Å². The van der Waals surface area contributed by atoms with Gasteiger partial charge in [0.05, 0.1) is 12.4 Å². The number of benzene rings is 2. The number of para-hydroxylation sites is 1. The molecule has 0 atom stereocenters. The second-order valence-corrected chi connectivity index (χ2v) is 6.31. The first-order valence-electron chi connectivity index (χ1n) is 9.07. The van der Waals surface area contributed by atoms with Gasteiger partial charge in [-0.05, 0) is 56.7 Å². The molecule has 142 valence electrons. The van der Waals surface area contributed by atoms with E-state index in [2.05, 4.69) is 10.3 Å². The molecule has 2 aromatic rings. The Labute approximate surface area is 161 Å². The molecular weight excluding hydrogens is 338 g/mol. The van der Waals surface area contributed by atoms with E-state index in [9.17, 15) is 4.79 Å². The van der Waals surface area contributed by atoms with Crippen LogP contribution >= 0.6 is 0 Å². The van der Waals surface area contributed by atoms with Crippen molar-refractivity contribution in [3.05, 3.63) is 65.9 Å². The van der Waals surface area contributed by atoms with E-state index in [0.29, 0.717) is 12.2 Å². The Morgan fingerprint density at radius 3 is 2.59 bits per heavy atom. The van der Waals surface area contributed by atoms with Crippen molar-refractivity contribution in [3.8, 4) is 5.75 Å². The SMILES string of the molecule is CCN=CN(C)/C(=C\c1cccc(OC(C)C)c1)C(=O)Nc1ccccc1. The van der Waals surface area contributed by atoms with Gasteiger partial charge in [-0.15, -0.1) is 0 Å². The lowest BCUT2D eigenvalue weighted by Crippen LogP contribution is -2.27. The molecule has 0 radical (unpaired) electrons. The van der Waals surface area contributed by atoms with Crippen LogP contribution in [0, 0.1) is 0 Å². The molecule has 5 heteroatoms. The molecule has 0 fully saturated rings. The van der Waals surface area contributed by atoms with E-state index < -0.39 is 0 Å². The molecule has 2 aromatic carbocycles. The molecule has 0 spiro atoms. The summed E-state index contributed by atoms with van der Waals surface area (Å²) in [6.45, 7) is 6.56. The largest absolute Gasteiger partial charge is 0.491 e. The second-order valence-electron chi connectivity index (χ2n) is 6.31. The zero-order valence-electron chi connectivity index (χ0n) is 16.3. The van der Waals surface area contributed by atoms with E-state index in [1.54, 1.807) is 11.2 Å². The Morgan fingerprint density at radius 1 is 1.19 bits per heavy atom. The Kier molecular flexibility index (Phi) is 7.62. The number of carbonyl (C=O) groups is 1. The number of hydrogen-bond donors (Lipinski definition) is 1. The average Bonchev–Trinajstić information content (AvgIpc) is 2.64. The number of amides is 1. The standard InChI is InChI=1S/C22H27N3O2/c1-5-23-16-25(4)21(22(26)24-19-11-7-6-8-12-19)15-18-10-9-13-20(14-18)27-17(2)3/h6-17H,5H2,1-4H3,(H,24,26)/b21-15-,23-16?. The van der Waals surface area contributed by atoms with E-state index in [0.717, 1.165) is 17.0 Å². The monoisotopic (exact) mass is 365 g/mol. The first-order chi connectivity index (χ1) is 13.0. The van der Waals surface area contributed by atoms with Gasteiger partial charge in [-0.25, -0.2) is 0 Å². The molecule has 0 aromatic heterocycles. The minimum Gasteiger partial charge on any atom is -0.491 e. The molecule has 0 saturated heterocycles. The summed E-state index contributed by atoms with van der Waals surface area (Å²) >= 11 is 0. The number of nitrogens with one attached hydrogen (secondary N) is 1. The lowest BCUT2D eigenvalue weighted by Gasteiger charge is -2.18. The van der Waals surface area contributed by atoms with Gasteiger partial charge >= 0.3 is 0 Å². The molecule has 1 N–H and O–H groups in total. The minimum atomic E-state index is -0.207. The topological polar surface area (TPSA) is 53.9 Å². The van der Waals surface area contributed by atoms with Crippen molar-refractivity contribution in [2.75, 3.05) is 18.9 Å². The normalized spacial score (nSPS) is 11.7. The van der Waals surface area contributed by atoms with E-state index >= 15 is 0 Å². The quantitative estimate of drug-likeness (QED) is 0.428. The third-order valence-corrected chi connectivity index (χ3v) is 3.61. The molecule has 0 bridgehead atoms. The summed E-state index contributed by atoms with van der Waals surface area (Å²) < 4.78 is 5.75. The van der Waals surface area contributed by atoms with Crippen LogP contribution in [0.1, 0.15) is 26.3 Å². The fourth-order valence-electron chi connectivity index (χ4n) is 2.42. The summed E-state index contributed by atoms with van der Waals surface area (Å²) in [6, 6.07) is 17.1. The third kappa shape index (κ3) is 6.62. The molecule has 0 saturated carbocycles. The number of rotatable bonds is 8. The van der Waals surface area contributed by atoms with Gasteiger partial charge in [0.1, 0.15) is 11.4 Å². The van der Waals surface area contributed by atoms with Gasteiger partial charge in [0.2, 0.25) is 0 Å². The highest BCUT2D eigenvalue weighted by Crippen LogP contribution is 2.19. The maximum Gasteiger partial charge on any atom is 0.272 e. The molecule has 0 aliphatic carbocycles. The van der Waals surface area contributed by atoms with Crippen LogP contribution in [0.25, 0.3) is 6.08 Å². The lowest BCUT2D eigenvalue weighted by molar-refractivity contribution is -0.113. The van der Waals surface area contributed by atoms with Crippen molar-refractivity contribution in [3.63, 3.8) is 0 Å². The van der Waals surface area contributed by atoms with Gasteiger partial charge in [-0.2, -0.15) is 0 Å². The smallest absolute Gasteiger partial charge is 0.272 e. The van der Waals surface area contributed by atoms with Crippen molar-refractivity contribution in [2.24, 2.45) is 4.99 Å². The predicted molar refractivity (Wildman–Crippen MR) is 112 cm³/mol. The van der Waals surface area contributed by atoms with Crippen LogP contribution in [0.4, 0.5) is 5.69 Å². The molecule has 0 aliphatic heterocycles. The minimum absolute atomic E-state index is 0.0874. The van der Waals surface area contributed by atoms with Crippen LogP contribution in [0.3, 0.4) is 0 Å². The third-order valence-electron chi connectivity index (χ3n) is 3.61. The maximum atomic E-state index is 12.9. The number of ether oxygens (including phenoxy) is 1. The zero-order valence-corrected chi connectivity index (χ0v) is 16.3. The van der Waals surface area contributed by atoms with Crippen molar-refractivity contribution in [1.29, 1.82) is 0 Å². The Morgan fingerprint density at radius 2 is 1.93 bits per heavy atom. The maximum absolute atomic E-state index is 12.9. The van der Waals surface area contributed by atoms with Crippen molar-refractivity contribution >= 4 is 24.0 Å². The van der Waals surface area contributed by atoms with Gasteiger partial charge < -0.3 is 15.0 Å². The van der Waals surface area contributed by atoms with Crippen LogP contribution in [0.5, 0.6) is 5.75 Å².